The molecule has 0 amide bonds. The molecule has 0 saturated carbocycles. The van der Waals surface area contributed by atoms with E-state index in [2.05, 4.69) is 43.6 Å². The Morgan fingerprint density at radius 2 is 2.12 bits per heavy atom. The largest absolute Gasteiger partial charge is 0.356 e. The van der Waals surface area contributed by atoms with Crippen LogP contribution in [-0.4, -0.2) is 24.6 Å². The molecule has 1 aromatic heterocycles. The predicted octanol–water partition coefficient (Wildman–Crippen LogP) is 2.20. The second-order valence-corrected chi connectivity index (χ2v) is 5.03. The number of aromatic nitrogens is 1. The van der Waals surface area contributed by atoms with E-state index in [1.807, 2.05) is 12.3 Å². The van der Waals surface area contributed by atoms with Crippen LogP contribution in [0.1, 0.15) is 26.3 Å². The Kier molecular flexibility index (Phi) is 4.30. The van der Waals surface area contributed by atoms with Crippen molar-refractivity contribution >= 4 is 5.82 Å². The molecule has 16 heavy (non-hydrogen) atoms. The molecule has 1 rings (SSSR count). The Hall–Kier alpha value is -1.09. The van der Waals surface area contributed by atoms with Gasteiger partial charge in [0.05, 0.1) is 0 Å². The molecule has 3 nitrogen and oxygen atoms in total. The zero-order valence-electron chi connectivity index (χ0n) is 10.8. The summed E-state index contributed by atoms with van der Waals surface area (Å²) in [5.74, 6) is 1.08. The van der Waals surface area contributed by atoms with Gasteiger partial charge in [-0.05, 0) is 37.4 Å². The number of hydrogen-bond donors (Lipinski definition) is 1. The van der Waals surface area contributed by atoms with Crippen LogP contribution in [0.25, 0.3) is 0 Å². The molecule has 0 fully saturated rings. The molecule has 0 bridgehead atoms. The number of aryl methyl sites for hydroxylation is 1. The second kappa shape index (κ2) is 5.30. The third-order valence-corrected chi connectivity index (χ3v) is 2.83. The van der Waals surface area contributed by atoms with Crippen molar-refractivity contribution in [3.05, 3.63) is 23.9 Å². The van der Waals surface area contributed by atoms with E-state index in [0.29, 0.717) is 6.54 Å². The van der Waals surface area contributed by atoms with Gasteiger partial charge in [-0.1, -0.05) is 19.9 Å². The van der Waals surface area contributed by atoms with Gasteiger partial charge >= 0.3 is 0 Å². The Morgan fingerprint density at radius 1 is 1.44 bits per heavy atom. The maximum absolute atomic E-state index is 5.78. The first-order valence-electron chi connectivity index (χ1n) is 5.87. The standard InChI is InChI=1S/C13H23N3/c1-5-16(10-13(3,4)9-14)12-11(2)7-6-8-15-12/h6-8H,5,9-10,14H2,1-4H3. The molecule has 0 unspecified atom stereocenters. The number of rotatable bonds is 5. The summed E-state index contributed by atoms with van der Waals surface area (Å²) in [5.41, 5.74) is 7.12. The van der Waals surface area contributed by atoms with Crippen molar-refractivity contribution in [2.45, 2.75) is 27.7 Å². The summed E-state index contributed by atoms with van der Waals surface area (Å²) in [6.45, 7) is 11.2. The summed E-state index contributed by atoms with van der Waals surface area (Å²) < 4.78 is 0. The molecule has 0 spiro atoms. The Morgan fingerprint density at radius 3 is 2.62 bits per heavy atom. The van der Waals surface area contributed by atoms with E-state index in [4.69, 9.17) is 5.73 Å². The van der Waals surface area contributed by atoms with Crippen LogP contribution in [0.15, 0.2) is 18.3 Å². The summed E-state index contributed by atoms with van der Waals surface area (Å²) in [6.07, 6.45) is 1.85. The minimum absolute atomic E-state index is 0.125. The number of pyridine rings is 1. The van der Waals surface area contributed by atoms with Crippen LogP contribution in [0.5, 0.6) is 0 Å². The van der Waals surface area contributed by atoms with Gasteiger partial charge in [0.2, 0.25) is 0 Å². The molecule has 3 heteroatoms. The summed E-state index contributed by atoms with van der Waals surface area (Å²) in [5, 5.41) is 0. The highest BCUT2D eigenvalue weighted by Crippen LogP contribution is 2.21. The number of nitrogens with zero attached hydrogens (tertiary/aromatic N) is 2. The van der Waals surface area contributed by atoms with E-state index < -0.39 is 0 Å². The number of anilines is 1. The summed E-state index contributed by atoms with van der Waals surface area (Å²) in [6, 6.07) is 4.07. The normalized spacial score (nSPS) is 11.6. The van der Waals surface area contributed by atoms with E-state index in [1.165, 1.54) is 5.56 Å². The van der Waals surface area contributed by atoms with Gasteiger partial charge in [0, 0.05) is 19.3 Å². The first-order valence-corrected chi connectivity index (χ1v) is 5.87. The van der Waals surface area contributed by atoms with E-state index >= 15 is 0 Å². The van der Waals surface area contributed by atoms with Gasteiger partial charge in [0.15, 0.2) is 0 Å². The van der Waals surface area contributed by atoms with Crippen molar-refractivity contribution in [2.75, 3.05) is 24.5 Å². The van der Waals surface area contributed by atoms with Gasteiger partial charge in [-0.25, -0.2) is 4.98 Å². The van der Waals surface area contributed by atoms with Crippen LogP contribution in [0, 0.1) is 12.3 Å². The molecule has 0 aliphatic rings. The Balaban J connectivity index is 2.87. The molecule has 0 radical (unpaired) electrons. The monoisotopic (exact) mass is 221 g/mol. The van der Waals surface area contributed by atoms with E-state index in [-0.39, 0.29) is 5.41 Å². The Bertz CT molecular complexity index is 334. The van der Waals surface area contributed by atoms with Crippen molar-refractivity contribution in [3.8, 4) is 0 Å². The van der Waals surface area contributed by atoms with E-state index in [0.717, 1.165) is 18.9 Å². The fourth-order valence-electron chi connectivity index (χ4n) is 1.73. The molecule has 0 atom stereocenters. The van der Waals surface area contributed by atoms with Crippen molar-refractivity contribution in [3.63, 3.8) is 0 Å². The number of nitrogens with two attached hydrogens (primary N) is 1. The second-order valence-electron chi connectivity index (χ2n) is 5.03. The van der Waals surface area contributed by atoms with Crippen molar-refractivity contribution in [2.24, 2.45) is 11.1 Å². The third-order valence-electron chi connectivity index (χ3n) is 2.83. The Labute approximate surface area is 98.7 Å². The van der Waals surface area contributed by atoms with Gasteiger partial charge in [-0.3, -0.25) is 0 Å². The molecule has 2 N–H and O–H groups in total. The predicted molar refractivity (Wildman–Crippen MR) is 69.7 cm³/mol. The zero-order valence-corrected chi connectivity index (χ0v) is 10.8. The lowest BCUT2D eigenvalue weighted by molar-refractivity contribution is 0.378. The highest BCUT2D eigenvalue weighted by atomic mass is 15.2. The van der Waals surface area contributed by atoms with Crippen molar-refractivity contribution in [1.82, 2.24) is 4.98 Å². The maximum atomic E-state index is 5.78. The smallest absolute Gasteiger partial charge is 0.131 e. The molecule has 0 aromatic carbocycles. The quantitative estimate of drug-likeness (QED) is 0.829. The van der Waals surface area contributed by atoms with Crippen molar-refractivity contribution in [1.29, 1.82) is 0 Å². The van der Waals surface area contributed by atoms with Crippen molar-refractivity contribution < 1.29 is 0 Å². The van der Waals surface area contributed by atoms with Crippen LogP contribution < -0.4 is 10.6 Å². The molecule has 0 aliphatic heterocycles. The lowest BCUT2D eigenvalue weighted by atomic mass is 9.93. The highest BCUT2D eigenvalue weighted by molar-refractivity contribution is 5.45. The van der Waals surface area contributed by atoms with Crippen LogP contribution >= 0.6 is 0 Å². The van der Waals surface area contributed by atoms with Gasteiger partial charge in [-0.2, -0.15) is 0 Å². The lowest BCUT2D eigenvalue weighted by Crippen LogP contribution is -2.39. The maximum Gasteiger partial charge on any atom is 0.131 e. The average Bonchev–Trinajstić information content (AvgIpc) is 2.27. The van der Waals surface area contributed by atoms with E-state index in [9.17, 15) is 0 Å². The third kappa shape index (κ3) is 3.20. The van der Waals surface area contributed by atoms with Crippen LogP contribution in [0.3, 0.4) is 0 Å². The van der Waals surface area contributed by atoms with Crippen LogP contribution in [0.4, 0.5) is 5.82 Å². The van der Waals surface area contributed by atoms with Gasteiger partial charge in [0.1, 0.15) is 5.82 Å². The molecule has 90 valence electrons. The molecule has 0 saturated heterocycles. The van der Waals surface area contributed by atoms with Crippen LogP contribution in [0.2, 0.25) is 0 Å². The zero-order chi connectivity index (χ0) is 12.2. The summed E-state index contributed by atoms with van der Waals surface area (Å²) in [7, 11) is 0. The lowest BCUT2D eigenvalue weighted by Gasteiger charge is -2.32. The SMILES string of the molecule is CCN(CC(C)(C)CN)c1ncccc1C. The minimum Gasteiger partial charge on any atom is -0.356 e. The summed E-state index contributed by atoms with van der Waals surface area (Å²) >= 11 is 0. The number of hydrogen-bond acceptors (Lipinski definition) is 3. The molecular weight excluding hydrogens is 198 g/mol. The fraction of sp³-hybridized carbons (Fsp3) is 0.615. The first-order chi connectivity index (χ1) is 7.50. The molecular formula is C13H23N3. The highest BCUT2D eigenvalue weighted by Gasteiger charge is 2.20. The molecule has 1 heterocycles. The van der Waals surface area contributed by atoms with Crippen LogP contribution in [-0.2, 0) is 0 Å². The fourth-order valence-corrected chi connectivity index (χ4v) is 1.73. The average molecular weight is 221 g/mol. The first kappa shape index (κ1) is 13.0. The van der Waals surface area contributed by atoms with Gasteiger partial charge in [0.25, 0.3) is 0 Å². The molecule has 0 aliphatic carbocycles. The minimum atomic E-state index is 0.125. The molecule has 1 aromatic rings. The topological polar surface area (TPSA) is 42.1 Å². The van der Waals surface area contributed by atoms with E-state index in [1.54, 1.807) is 0 Å². The summed E-state index contributed by atoms with van der Waals surface area (Å²) in [4.78, 5) is 6.75. The van der Waals surface area contributed by atoms with Gasteiger partial charge in [-0.15, -0.1) is 0 Å². The van der Waals surface area contributed by atoms with Gasteiger partial charge < -0.3 is 10.6 Å².